The minimum atomic E-state index is -0.510. The Bertz CT molecular complexity index is 540. The molecule has 2 heterocycles. The van der Waals surface area contributed by atoms with Crippen LogP contribution in [0.2, 0.25) is 0 Å². The van der Waals surface area contributed by atoms with E-state index in [0.29, 0.717) is 16.1 Å². The maximum atomic E-state index is 12.0. The van der Waals surface area contributed by atoms with E-state index in [0.717, 1.165) is 30.7 Å². The average Bonchev–Trinajstić information content (AvgIpc) is 2.96. The number of ether oxygens (including phenoxy) is 1. The van der Waals surface area contributed by atoms with E-state index in [1.54, 1.807) is 0 Å². The van der Waals surface area contributed by atoms with E-state index in [4.69, 9.17) is 0 Å². The predicted octanol–water partition coefficient (Wildman–Crippen LogP) is 0.200. The van der Waals surface area contributed by atoms with Crippen LogP contribution in [0, 0.1) is 5.92 Å². The zero-order valence-corrected chi connectivity index (χ0v) is 12.8. The van der Waals surface area contributed by atoms with Crippen molar-refractivity contribution in [3.63, 3.8) is 0 Å². The fourth-order valence-electron chi connectivity index (χ4n) is 2.03. The molecule has 2 rings (SSSR count). The summed E-state index contributed by atoms with van der Waals surface area (Å²) in [6.07, 6.45) is 2.66. The van der Waals surface area contributed by atoms with E-state index in [1.807, 2.05) is 0 Å². The Morgan fingerprint density at radius 2 is 2.50 bits per heavy atom. The lowest BCUT2D eigenvalue weighted by molar-refractivity contribution is -0.141. The highest BCUT2D eigenvalue weighted by molar-refractivity contribution is 9.10. The molecule has 0 amide bonds. The lowest BCUT2D eigenvalue weighted by Crippen LogP contribution is -2.29. The predicted molar refractivity (Wildman–Crippen MR) is 77.7 cm³/mol. The first-order chi connectivity index (χ1) is 9.61. The smallest absolute Gasteiger partial charge is 0.327 e. The third-order valence-corrected chi connectivity index (χ3v) is 4.00. The summed E-state index contributed by atoms with van der Waals surface area (Å²) in [5.41, 5.74) is 0.285. The van der Waals surface area contributed by atoms with Crippen molar-refractivity contribution in [1.82, 2.24) is 15.1 Å². The van der Waals surface area contributed by atoms with Crippen molar-refractivity contribution in [2.45, 2.75) is 13.0 Å². The summed E-state index contributed by atoms with van der Waals surface area (Å²) in [7, 11) is 1.27. The minimum absolute atomic E-state index is 0.194. The molecule has 0 aliphatic carbocycles. The lowest BCUT2D eigenvalue weighted by atomic mass is 10.1. The van der Waals surface area contributed by atoms with Crippen LogP contribution in [0.3, 0.4) is 0 Å². The Morgan fingerprint density at radius 3 is 3.15 bits per heavy atom. The fraction of sp³-hybridized carbons (Fsp3) is 0.583. The summed E-state index contributed by atoms with van der Waals surface area (Å²) in [6, 6.07) is 0. The number of aromatic nitrogens is 2. The Balaban J connectivity index is 2.05. The van der Waals surface area contributed by atoms with Gasteiger partial charge in [0.15, 0.2) is 0 Å². The van der Waals surface area contributed by atoms with Crippen molar-refractivity contribution in [3.8, 4) is 0 Å². The summed E-state index contributed by atoms with van der Waals surface area (Å²) >= 11 is 3.25. The molecule has 0 radical (unpaired) electrons. The lowest BCUT2D eigenvalue weighted by Gasteiger charge is -2.13. The van der Waals surface area contributed by atoms with Crippen molar-refractivity contribution in [1.29, 1.82) is 0 Å². The van der Waals surface area contributed by atoms with Crippen LogP contribution < -0.4 is 16.2 Å². The molecule has 0 bridgehead atoms. The van der Waals surface area contributed by atoms with Gasteiger partial charge in [0.1, 0.15) is 11.0 Å². The molecule has 1 unspecified atom stereocenters. The normalized spacial score (nSPS) is 18.0. The van der Waals surface area contributed by atoms with Gasteiger partial charge in [0.2, 0.25) is 0 Å². The maximum Gasteiger partial charge on any atom is 0.327 e. The number of carbonyl (C=O) groups excluding carboxylic acids is 1. The van der Waals surface area contributed by atoms with Gasteiger partial charge in [-0.2, -0.15) is 5.10 Å². The number of methoxy groups -OCH3 is 1. The number of halogens is 1. The van der Waals surface area contributed by atoms with Gasteiger partial charge >= 0.3 is 5.97 Å². The molecule has 20 heavy (non-hydrogen) atoms. The van der Waals surface area contributed by atoms with E-state index in [-0.39, 0.29) is 12.1 Å². The molecule has 1 aromatic rings. The zero-order valence-electron chi connectivity index (χ0n) is 11.2. The van der Waals surface area contributed by atoms with Gasteiger partial charge in [0, 0.05) is 6.54 Å². The van der Waals surface area contributed by atoms with Gasteiger partial charge < -0.3 is 15.4 Å². The molecule has 1 aromatic heterocycles. The molecular formula is C12H17BrN4O3. The van der Waals surface area contributed by atoms with Gasteiger partial charge in [0.25, 0.3) is 5.56 Å². The molecule has 0 aromatic carbocycles. The number of nitrogens with zero attached hydrogens (tertiary/aromatic N) is 2. The third-order valence-electron chi connectivity index (χ3n) is 3.23. The Hall–Kier alpha value is -1.41. The van der Waals surface area contributed by atoms with Crippen molar-refractivity contribution in [3.05, 3.63) is 21.0 Å². The zero-order chi connectivity index (χ0) is 14.5. The summed E-state index contributed by atoms with van der Waals surface area (Å²) in [6.45, 7) is 2.61. The minimum Gasteiger partial charge on any atom is -0.468 e. The van der Waals surface area contributed by atoms with E-state index < -0.39 is 5.97 Å². The van der Waals surface area contributed by atoms with Gasteiger partial charge in [-0.25, -0.2) is 4.68 Å². The number of hydrogen-bond donors (Lipinski definition) is 2. The van der Waals surface area contributed by atoms with Crippen LogP contribution in [0.4, 0.5) is 5.69 Å². The van der Waals surface area contributed by atoms with Crippen LogP contribution in [0.1, 0.15) is 6.42 Å². The Kier molecular flexibility index (Phi) is 5.13. The quantitative estimate of drug-likeness (QED) is 0.742. The highest BCUT2D eigenvalue weighted by Crippen LogP contribution is 2.17. The molecule has 1 fully saturated rings. The molecular weight excluding hydrogens is 328 g/mol. The Morgan fingerprint density at radius 1 is 1.70 bits per heavy atom. The summed E-state index contributed by atoms with van der Waals surface area (Å²) < 4.78 is 5.96. The topological polar surface area (TPSA) is 85.2 Å². The number of rotatable bonds is 5. The molecule has 0 spiro atoms. The SMILES string of the molecule is COC(=O)Cn1ncc(NCC2CCNC2)c(Br)c1=O. The van der Waals surface area contributed by atoms with E-state index in [1.165, 1.54) is 13.3 Å². The maximum absolute atomic E-state index is 12.0. The molecule has 1 saturated heterocycles. The molecule has 8 heteroatoms. The first kappa shape index (κ1) is 15.0. The van der Waals surface area contributed by atoms with E-state index >= 15 is 0 Å². The molecule has 1 aliphatic heterocycles. The molecule has 1 atom stereocenters. The number of nitrogens with one attached hydrogen (secondary N) is 2. The van der Waals surface area contributed by atoms with Crippen LogP contribution in [-0.4, -0.2) is 42.5 Å². The van der Waals surface area contributed by atoms with Crippen molar-refractivity contribution >= 4 is 27.6 Å². The number of anilines is 1. The van der Waals surface area contributed by atoms with Crippen molar-refractivity contribution in [2.75, 3.05) is 32.1 Å². The summed E-state index contributed by atoms with van der Waals surface area (Å²) in [4.78, 5) is 23.2. The highest BCUT2D eigenvalue weighted by atomic mass is 79.9. The monoisotopic (exact) mass is 344 g/mol. The number of esters is 1. The van der Waals surface area contributed by atoms with Crippen LogP contribution in [-0.2, 0) is 16.1 Å². The second-order valence-electron chi connectivity index (χ2n) is 4.65. The van der Waals surface area contributed by atoms with Gasteiger partial charge in [0.05, 0.1) is 19.0 Å². The molecule has 7 nitrogen and oxygen atoms in total. The molecule has 110 valence electrons. The standard InChI is InChI=1S/C12H17BrN4O3/c1-20-10(18)7-17-12(19)11(13)9(6-16-17)15-5-8-2-3-14-4-8/h6,8,14-15H,2-5,7H2,1H3. The van der Waals surface area contributed by atoms with Gasteiger partial charge in [-0.05, 0) is 41.4 Å². The van der Waals surface area contributed by atoms with Gasteiger partial charge in [-0.15, -0.1) is 0 Å². The highest BCUT2D eigenvalue weighted by Gasteiger charge is 2.16. The number of carbonyl (C=O) groups is 1. The third kappa shape index (κ3) is 3.57. The van der Waals surface area contributed by atoms with Crippen LogP contribution in [0.5, 0.6) is 0 Å². The first-order valence-electron chi connectivity index (χ1n) is 6.39. The second-order valence-corrected chi connectivity index (χ2v) is 5.44. The van der Waals surface area contributed by atoms with E-state index in [2.05, 4.69) is 36.4 Å². The van der Waals surface area contributed by atoms with Crippen molar-refractivity contribution < 1.29 is 9.53 Å². The first-order valence-corrected chi connectivity index (χ1v) is 7.18. The van der Waals surface area contributed by atoms with Crippen LogP contribution in [0.25, 0.3) is 0 Å². The van der Waals surface area contributed by atoms with Crippen molar-refractivity contribution in [2.24, 2.45) is 5.92 Å². The summed E-state index contributed by atoms with van der Waals surface area (Å²) in [5, 5.41) is 10.5. The molecule has 1 aliphatic rings. The molecule has 0 saturated carbocycles. The second kappa shape index (κ2) is 6.85. The Labute approximate surface area is 124 Å². The average molecular weight is 345 g/mol. The number of hydrogen-bond acceptors (Lipinski definition) is 6. The van der Waals surface area contributed by atoms with Crippen LogP contribution >= 0.6 is 15.9 Å². The van der Waals surface area contributed by atoms with E-state index in [9.17, 15) is 9.59 Å². The largest absolute Gasteiger partial charge is 0.468 e. The summed E-state index contributed by atoms with van der Waals surface area (Å²) in [5.74, 6) is 0.0450. The fourth-order valence-corrected chi connectivity index (χ4v) is 2.48. The van der Waals surface area contributed by atoms with Crippen LogP contribution in [0.15, 0.2) is 15.5 Å². The van der Waals surface area contributed by atoms with Gasteiger partial charge in [-0.1, -0.05) is 0 Å². The molecule has 2 N–H and O–H groups in total. The van der Waals surface area contributed by atoms with Gasteiger partial charge in [-0.3, -0.25) is 9.59 Å².